The molecule has 0 aliphatic rings. The van der Waals surface area contributed by atoms with Crippen molar-refractivity contribution in [1.29, 1.82) is 0 Å². The highest BCUT2D eigenvalue weighted by atomic mass is 16.5. The predicted octanol–water partition coefficient (Wildman–Crippen LogP) is 0.742. The largest absolute Gasteiger partial charge is 0.508 e. The van der Waals surface area contributed by atoms with Crippen molar-refractivity contribution in [2.45, 2.75) is 0 Å². The number of aromatic hydroxyl groups is 1. The zero-order valence-electron chi connectivity index (χ0n) is 8.54. The van der Waals surface area contributed by atoms with Gasteiger partial charge in [-0.15, -0.1) is 5.10 Å². The summed E-state index contributed by atoms with van der Waals surface area (Å²) in [6, 6.07) is 4.70. The number of fused-ring (bicyclic) bond motifs is 1. The lowest BCUT2D eigenvalue weighted by atomic mass is 10.2. The average molecular weight is 222 g/mol. The number of rotatable bonds is 3. The van der Waals surface area contributed by atoms with Crippen LogP contribution in [0.1, 0.15) is 0 Å². The molecule has 0 saturated carbocycles. The van der Waals surface area contributed by atoms with E-state index in [2.05, 4.69) is 5.10 Å². The van der Waals surface area contributed by atoms with Crippen molar-refractivity contribution in [2.75, 3.05) is 6.61 Å². The van der Waals surface area contributed by atoms with Crippen molar-refractivity contribution in [3.8, 4) is 11.6 Å². The molecule has 2 N–H and O–H groups in total. The van der Waals surface area contributed by atoms with E-state index < -0.39 is 12.6 Å². The Balaban J connectivity index is 2.44. The molecule has 0 unspecified atom stereocenters. The number of aromatic nitrogens is 2. The molecule has 2 rings (SSSR count). The lowest BCUT2D eigenvalue weighted by molar-refractivity contribution is -0.139. The number of carboxylic acids is 1. The van der Waals surface area contributed by atoms with Gasteiger partial charge < -0.3 is 14.9 Å². The van der Waals surface area contributed by atoms with Gasteiger partial charge in [0.05, 0.1) is 10.9 Å². The van der Waals surface area contributed by atoms with E-state index in [-0.39, 0.29) is 11.6 Å². The van der Waals surface area contributed by atoms with Gasteiger partial charge in [-0.1, -0.05) is 0 Å². The van der Waals surface area contributed by atoms with E-state index in [1.165, 1.54) is 12.1 Å². The van der Waals surface area contributed by atoms with Crippen LogP contribution in [0.2, 0.25) is 0 Å². The van der Waals surface area contributed by atoms with Crippen molar-refractivity contribution < 1.29 is 19.7 Å². The van der Waals surface area contributed by atoms with Crippen molar-refractivity contribution >= 4 is 16.9 Å². The zero-order valence-corrected chi connectivity index (χ0v) is 8.54. The molecule has 0 saturated heterocycles. The number of phenolic OH excluding ortho intramolecular Hbond substituents is 1. The standard InChI is InChI=1S/C10H10N2O4/c1-12-8-3-2-6(13)4-7(8)10(11-12)16-5-9(14)15/h2-4,13H,5H2,1H3,(H,14,15). The first-order valence-corrected chi connectivity index (χ1v) is 4.58. The molecule has 1 aromatic carbocycles. The summed E-state index contributed by atoms with van der Waals surface area (Å²) in [6.07, 6.45) is 0. The quantitative estimate of drug-likeness (QED) is 0.800. The molecule has 0 aliphatic carbocycles. The van der Waals surface area contributed by atoms with Crippen LogP contribution in [0, 0.1) is 0 Å². The summed E-state index contributed by atoms with van der Waals surface area (Å²) in [5.74, 6) is -0.782. The van der Waals surface area contributed by atoms with Gasteiger partial charge in [-0.05, 0) is 18.2 Å². The van der Waals surface area contributed by atoms with Crippen LogP contribution in [0.3, 0.4) is 0 Å². The summed E-state index contributed by atoms with van der Waals surface area (Å²) >= 11 is 0. The normalized spacial score (nSPS) is 10.6. The predicted molar refractivity (Wildman–Crippen MR) is 55.5 cm³/mol. The molecule has 0 amide bonds. The van der Waals surface area contributed by atoms with Gasteiger partial charge in [-0.3, -0.25) is 4.68 Å². The van der Waals surface area contributed by atoms with Crippen molar-refractivity contribution in [3.05, 3.63) is 18.2 Å². The van der Waals surface area contributed by atoms with E-state index in [1.807, 2.05) is 0 Å². The van der Waals surface area contributed by atoms with Gasteiger partial charge in [0, 0.05) is 7.05 Å². The highest BCUT2D eigenvalue weighted by Gasteiger charge is 2.11. The molecule has 1 heterocycles. The maximum absolute atomic E-state index is 10.4. The number of hydrogen-bond donors (Lipinski definition) is 2. The number of nitrogens with zero attached hydrogens (tertiary/aromatic N) is 2. The number of aliphatic carboxylic acids is 1. The Hall–Kier alpha value is -2.24. The zero-order chi connectivity index (χ0) is 11.7. The summed E-state index contributed by atoms with van der Waals surface area (Å²) in [7, 11) is 1.72. The second-order valence-corrected chi connectivity index (χ2v) is 3.31. The monoisotopic (exact) mass is 222 g/mol. The fourth-order valence-electron chi connectivity index (χ4n) is 1.46. The van der Waals surface area contributed by atoms with E-state index in [4.69, 9.17) is 9.84 Å². The van der Waals surface area contributed by atoms with E-state index in [9.17, 15) is 9.90 Å². The van der Waals surface area contributed by atoms with Crippen LogP contribution in [0.15, 0.2) is 18.2 Å². The highest BCUT2D eigenvalue weighted by molar-refractivity contribution is 5.86. The molecule has 0 radical (unpaired) electrons. The SMILES string of the molecule is Cn1nc(OCC(=O)O)c2cc(O)ccc21. The molecule has 0 atom stereocenters. The van der Waals surface area contributed by atoms with E-state index >= 15 is 0 Å². The van der Waals surface area contributed by atoms with Crippen LogP contribution in [0.5, 0.6) is 11.6 Å². The first kappa shape index (κ1) is 10.3. The Bertz CT molecular complexity index is 547. The van der Waals surface area contributed by atoms with Crippen molar-refractivity contribution in [2.24, 2.45) is 7.05 Å². The average Bonchev–Trinajstić information content (AvgIpc) is 2.52. The van der Waals surface area contributed by atoms with Crippen molar-refractivity contribution in [1.82, 2.24) is 9.78 Å². The molecule has 0 aliphatic heterocycles. The number of phenols is 1. The third kappa shape index (κ3) is 1.77. The van der Waals surface area contributed by atoms with Crippen molar-refractivity contribution in [3.63, 3.8) is 0 Å². The lowest BCUT2D eigenvalue weighted by Gasteiger charge is -1.98. The minimum absolute atomic E-state index is 0.0840. The molecule has 2 aromatic rings. The van der Waals surface area contributed by atoms with Crippen LogP contribution in [0.4, 0.5) is 0 Å². The third-order valence-electron chi connectivity index (χ3n) is 2.13. The number of carbonyl (C=O) groups is 1. The molecule has 6 nitrogen and oxygen atoms in total. The van der Waals surface area contributed by atoms with Gasteiger partial charge in [0.15, 0.2) is 6.61 Å². The van der Waals surface area contributed by atoms with Crippen LogP contribution < -0.4 is 4.74 Å². The molecule has 16 heavy (non-hydrogen) atoms. The summed E-state index contributed by atoms with van der Waals surface area (Å²) < 4.78 is 6.58. The molecular weight excluding hydrogens is 212 g/mol. The number of benzene rings is 1. The van der Waals surface area contributed by atoms with Gasteiger partial charge in [-0.2, -0.15) is 0 Å². The molecule has 0 spiro atoms. The van der Waals surface area contributed by atoms with E-state index in [0.717, 1.165) is 5.52 Å². The van der Waals surface area contributed by atoms with Crippen LogP contribution in [-0.4, -0.2) is 32.6 Å². The smallest absolute Gasteiger partial charge is 0.341 e. The van der Waals surface area contributed by atoms with Crippen LogP contribution in [0.25, 0.3) is 10.9 Å². The molecular formula is C10H10N2O4. The van der Waals surface area contributed by atoms with Gasteiger partial charge in [0.2, 0.25) is 5.88 Å². The maximum atomic E-state index is 10.4. The summed E-state index contributed by atoms with van der Waals surface area (Å²) in [4.78, 5) is 10.4. The minimum atomic E-state index is -1.07. The number of ether oxygens (including phenoxy) is 1. The number of carboxylic acid groups (broad SMARTS) is 1. The van der Waals surface area contributed by atoms with E-state index in [1.54, 1.807) is 17.8 Å². The Kier molecular flexibility index (Phi) is 2.40. The molecule has 6 heteroatoms. The second kappa shape index (κ2) is 3.73. The van der Waals surface area contributed by atoms with Gasteiger partial charge in [-0.25, -0.2) is 4.79 Å². The Labute approximate surface area is 90.7 Å². The fraction of sp³-hybridized carbons (Fsp3) is 0.200. The molecule has 1 aromatic heterocycles. The van der Waals surface area contributed by atoms with Gasteiger partial charge in [0.25, 0.3) is 0 Å². The van der Waals surface area contributed by atoms with E-state index in [0.29, 0.717) is 5.39 Å². The van der Waals surface area contributed by atoms with Crippen LogP contribution >= 0.6 is 0 Å². The summed E-state index contributed by atoms with van der Waals surface area (Å²) in [6.45, 7) is -0.457. The first-order valence-electron chi connectivity index (χ1n) is 4.58. The lowest BCUT2D eigenvalue weighted by Crippen LogP contribution is -2.09. The number of aryl methyl sites for hydroxylation is 1. The third-order valence-corrected chi connectivity index (χ3v) is 2.13. The molecule has 84 valence electrons. The topological polar surface area (TPSA) is 84.6 Å². The Morgan fingerprint density at radius 2 is 2.31 bits per heavy atom. The summed E-state index contributed by atoms with van der Waals surface area (Å²) in [5, 5.41) is 22.4. The summed E-state index contributed by atoms with van der Waals surface area (Å²) in [5.41, 5.74) is 0.762. The fourth-order valence-corrected chi connectivity index (χ4v) is 1.46. The second-order valence-electron chi connectivity index (χ2n) is 3.31. The highest BCUT2D eigenvalue weighted by Crippen LogP contribution is 2.27. The molecule has 0 fully saturated rings. The number of hydrogen-bond acceptors (Lipinski definition) is 4. The Morgan fingerprint density at radius 1 is 1.56 bits per heavy atom. The first-order chi connectivity index (χ1) is 7.58. The Morgan fingerprint density at radius 3 is 3.00 bits per heavy atom. The maximum Gasteiger partial charge on any atom is 0.341 e. The minimum Gasteiger partial charge on any atom is -0.508 e. The van der Waals surface area contributed by atoms with Gasteiger partial charge >= 0.3 is 5.97 Å². The molecule has 0 bridgehead atoms. The van der Waals surface area contributed by atoms with Crippen LogP contribution in [-0.2, 0) is 11.8 Å². The van der Waals surface area contributed by atoms with Gasteiger partial charge in [0.1, 0.15) is 5.75 Å².